The number of anilines is 3. The quantitative estimate of drug-likeness (QED) is 0.166. The Morgan fingerprint density at radius 2 is 0.926 bits per heavy atom. The van der Waals surface area contributed by atoms with E-state index in [0.717, 1.165) is 77.6 Å². The van der Waals surface area contributed by atoms with Gasteiger partial charge in [0.25, 0.3) is 0 Å². The highest BCUT2D eigenvalue weighted by atomic mass is 16.3. The lowest BCUT2D eigenvalue weighted by Crippen LogP contribution is -2.10. The minimum absolute atomic E-state index is 0.576. The Hall–Kier alpha value is -7.37. The highest BCUT2D eigenvalue weighted by molar-refractivity contribution is 6.21. The van der Waals surface area contributed by atoms with Gasteiger partial charge >= 0.3 is 0 Å². The molecule has 0 spiro atoms. The number of furan rings is 1. The molecule has 0 aliphatic heterocycles. The second-order valence-electron chi connectivity index (χ2n) is 13.2. The van der Waals surface area contributed by atoms with Crippen molar-refractivity contribution in [3.63, 3.8) is 0 Å². The van der Waals surface area contributed by atoms with Gasteiger partial charge in [-0.2, -0.15) is 0 Å². The molecule has 0 aliphatic rings. The molecule has 0 fully saturated rings. The van der Waals surface area contributed by atoms with E-state index in [9.17, 15) is 0 Å². The molecule has 0 unspecified atom stereocenters. The van der Waals surface area contributed by atoms with Crippen LogP contribution in [0.2, 0.25) is 0 Å². The first-order valence-electron chi connectivity index (χ1n) is 18.0. The van der Waals surface area contributed by atoms with Gasteiger partial charge in [0, 0.05) is 44.2 Å². The van der Waals surface area contributed by atoms with Gasteiger partial charge in [0.05, 0.1) is 5.69 Å². The summed E-state index contributed by atoms with van der Waals surface area (Å²) in [5.74, 6) is 1.80. The molecule has 0 saturated heterocycles. The topological polar surface area (TPSA) is 55.1 Å². The van der Waals surface area contributed by atoms with Crippen LogP contribution >= 0.6 is 0 Å². The molecule has 10 rings (SSSR count). The zero-order valence-corrected chi connectivity index (χ0v) is 29.2. The summed E-state index contributed by atoms with van der Waals surface area (Å²) >= 11 is 0. The first-order chi connectivity index (χ1) is 26.8. The molecule has 5 heteroatoms. The maximum atomic E-state index is 7.11. The third-order valence-corrected chi connectivity index (χ3v) is 9.90. The van der Waals surface area contributed by atoms with Crippen LogP contribution in [0.25, 0.3) is 78.0 Å². The number of fused-ring (bicyclic) bond motifs is 5. The Morgan fingerprint density at radius 3 is 1.61 bits per heavy atom. The molecule has 0 amide bonds. The average Bonchev–Trinajstić information content (AvgIpc) is 3.66. The van der Waals surface area contributed by atoms with Gasteiger partial charge < -0.3 is 9.32 Å². The maximum Gasteiger partial charge on any atom is 0.164 e. The highest BCUT2D eigenvalue weighted by Gasteiger charge is 2.25. The van der Waals surface area contributed by atoms with Crippen molar-refractivity contribution in [3.8, 4) is 45.3 Å². The van der Waals surface area contributed by atoms with Gasteiger partial charge in [-0.05, 0) is 59.0 Å². The molecule has 5 nitrogen and oxygen atoms in total. The lowest BCUT2D eigenvalue weighted by atomic mass is 10.0. The van der Waals surface area contributed by atoms with Crippen LogP contribution in [0.4, 0.5) is 17.1 Å². The first kappa shape index (κ1) is 31.4. The van der Waals surface area contributed by atoms with Gasteiger partial charge in [0.15, 0.2) is 23.1 Å². The lowest BCUT2D eigenvalue weighted by Gasteiger charge is -2.26. The van der Waals surface area contributed by atoms with E-state index in [-0.39, 0.29) is 0 Å². The van der Waals surface area contributed by atoms with Crippen molar-refractivity contribution < 1.29 is 4.42 Å². The van der Waals surface area contributed by atoms with Gasteiger partial charge in [0.1, 0.15) is 5.58 Å². The SMILES string of the molecule is c1ccc(-c2cccc(N(c3ccccc3)c3ccc(-c4nc(-c5ccccc5)nc(-c5ccccc5)n4)c4c3oc3c5ccccc5ccc34)c2)cc1. The van der Waals surface area contributed by atoms with E-state index in [1.54, 1.807) is 0 Å². The molecular weight excluding hydrogens is 661 g/mol. The number of hydrogen-bond donors (Lipinski definition) is 0. The Kier molecular flexibility index (Phi) is 7.73. The smallest absolute Gasteiger partial charge is 0.164 e. The minimum Gasteiger partial charge on any atom is -0.453 e. The molecule has 0 N–H and O–H groups in total. The summed E-state index contributed by atoms with van der Waals surface area (Å²) in [6.07, 6.45) is 0. The second-order valence-corrected chi connectivity index (χ2v) is 13.2. The standard InChI is InChI=1S/C49H32N4O/c1-5-16-33(17-6-1)37-23-15-26-39(32-37)53(38-24-11-4-12-25-38)43-31-30-42(44-41-29-28-34-18-13-14-27-40(34)45(41)54-46(43)44)49-51-47(35-19-7-2-8-20-35)50-48(52-49)36-21-9-3-10-22-36/h1-32H. The van der Waals surface area contributed by atoms with Crippen molar-refractivity contribution in [3.05, 3.63) is 194 Å². The van der Waals surface area contributed by atoms with Crippen molar-refractivity contribution in [1.29, 1.82) is 0 Å². The van der Waals surface area contributed by atoms with E-state index in [4.69, 9.17) is 19.4 Å². The van der Waals surface area contributed by atoms with Crippen molar-refractivity contribution in [2.45, 2.75) is 0 Å². The first-order valence-corrected chi connectivity index (χ1v) is 18.0. The summed E-state index contributed by atoms with van der Waals surface area (Å²) in [6, 6.07) is 66.8. The summed E-state index contributed by atoms with van der Waals surface area (Å²) in [5, 5.41) is 4.10. The molecule has 8 aromatic carbocycles. The zero-order chi connectivity index (χ0) is 35.8. The number of rotatable bonds is 7. The van der Waals surface area contributed by atoms with E-state index in [1.165, 1.54) is 0 Å². The van der Waals surface area contributed by atoms with E-state index >= 15 is 0 Å². The Labute approximate surface area is 312 Å². The number of benzene rings is 8. The largest absolute Gasteiger partial charge is 0.453 e. The Bertz CT molecular complexity index is 2870. The molecular formula is C49H32N4O. The van der Waals surface area contributed by atoms with E-state index < -0.39 is 0 Å². The molecule has 10 aromatic rings. The number of nitrogens with zero attached hydrogens (tertiary/aromatic N) is 4. The van der Waals surface area contributed by atoms with Crippen LogP contribution in [0.5, 0.6) is 0 Å². The van der Waals surface area contributed by atoms with Gasteiger partial charge in [-0.1, -0.05) is 152 Å². The van der Waals surface area contributed by atoms with E-state index in [1.807, 2.05) is 72.8 Å². The molecule has 2 heterocycles. The number of hydrogen-bond acceptors (Lipinski definition) is 5. The maximum absolute atomic E-state index is 7.11. The molecule has 254 valence electrons. The second kappa shape index (κ2) is 13.3. The fourth-order valence-electron chi connectivity index (χ4n) is 7.35. The summed E-state index contributed by atoms with van der Waals surface area (Å²) in [5.41, 5.74) is 9.49. The molecule has 54 heavy (non-hydrogen) atoms. The minimum atomic E-state index is 0.576. The normalized spacial score (nSPS) is 11.3. The van der Waals surface area contributed by atoms with Gasteiger partial charge in [-0.15, -0.1) is 0 Å². The summed E-state index contributed by atoms with van der Waals surface area (Å²) in [7, 11) is 0. The van der Waals surface area contributed by atoms with Gasteiger partial charge in [-0.3, -0.25) is 0 Å². The Balaban J connectivity index is 1.27. The van der Waals surface area contributed by atoms with Gasteiger partial charge in [0.2, 0.25) is 0 Å². The predicted octanol–water partition coefficient (Wildman–Crippen LogP) is 13.1. The van der Waals surface area contributed by atoms with Crippen molar-refractivity contribution in [2.24, 2.45) is 0 Å². The van der Waals surface area contributed by atoms with E-state index in [0.29, 0.717) is 17.5 Å². The summed E-state index contributed by atoms with van der Waals surface area (Å²) in [4.78, 5) is 17.6. The van der Waals surface area contributed by atoms with Crippen LogP contribution in [-0.4, -0.2) is 15.0 Å². The molecule has 0 saturated carbocycles. The van der Waals surface area contributed by atoms with Crippen LogP contribution in [0.15, 0.2) is 199 Å². The Morgan fingerprint density at radius 1 is 0.370 bits per heavy atom. The van der Waals surface area contributed by atoms with Crippen LogP contribution in [0, 0.1) is 0 Å². The summed E-state index contributed by atoms with van der Waals surface area (Å²) < 4.78 is 7.11. The van der Waals surface area contributed by atoms with Crippen molar-refractivity contribution in [2.75, 3.05) is 4.90 Å². The van der Waals surface area contributed by atoms with Crippen molar-refractivity contribution in [1.82, 2.24) is 15.0 Å². The van der Waals surface area contributed by atoms with E-state index in [2.05, 4.69) is 126 Å². The fourth-order valence-corrected chi connectivity index (χ4v) is 7.35. The van der Waals surface area contributed by atoms with Crippen molar-refractivity contribution >= 4 is 49.8 Å². The number of aromatic nitrogens is 3. The molecule has 2 aromatic heterocycles. The monoisotopic (exact) mass is 692 g/mol. The third kappa shape index (κ3) is 5.56. The average molecular weight is 693 g/mol. The predicted molar refractivity (Wildman–Crippen MR) is 221 cm³/mol. The summed E-state index contributed by atoms with van der Waals surface area (Å²) in [6.45, 7) is 0. The third-order valence-electron chi connectivity index (χ3n) is 9.90. The highest BCUT2D eigenvalue weighted by Crippen LogP contribution is 2.47. The molecule has 0 atom stereocenters. The van der Waals surface area contributed by atoms with Crippen LogP contribution in [0.3, 0.4) is 0 Å². The molecule has 0 bridgehead atoms. The van der Waals surface area contributed by atoms with Gasteiger partial charge in [-0.25, -0.2) is 15.0 Å². The zero-order valence-electron chi connectivity index (χ0n) is 29.2. The van der Waals surface area contributed by atoms with Crippen LogP contribution in [-0.2, 0) is 0 Å². The fraction of sp³-hybridized carbons (Fsp3) is 0. The molecule has 0 aliphatic carbocycles. The van der Waals surface area contributed by atoms with Crippen LogP contribution < -0.4 is 4.90 Å². The molecule has 0 radical (unpaired) electrons. The van der Waals surface area contributed by atoms with Crippen LogP contribution in [0.1, 0.15) is 0 Å². The number of para-hydroxylation sites is 1. The lowest BCUT2D eigenvalue weighted by molar-refractivity contribution is 0.673.